The molecule has 0 spiro atoms. The highest BCUT2D eigenvalue weighted by Gasteiger charge is 2.30. The van der Waals surface area contributed by atoms with Crippen molar-refractivity contribution < 1.29 is 12.9 Å². The van der Waals surface area contributed by atoms with Crippen LogP contribution in [0.2, 0.25) is 0 Å². The molecular weight excluding hydrogens is 312 g/mol. The predicted molar refractivity (Wildman–Crippen MR) is 89.0 cm³/mol. The van der Waals surface area contributed by atoms with Crippen molar-refractivity contribution in [2.75, 3.05) is 5.75 Å². The van der Waals surface area contributed by atoms with Crippen LogP contribution in [0, 0.1) is 11.8 Å². The van der Waals surface area contributed by atoms with Crippen LogP contribution in [0.3, 0.4) is 0 Å². The molecule has 3 rings (SSSR count). The molecule has 1 heterocycles. The molecule has 0 radical (unpaired) electrons. The maximum absolute atomic E-state index is 12.3. The van der Waals surface area contributed by atoms with Gasteiger partial charge in [0.15, 0.2) is 15.7 Å². The maximum Gasteiger partial charge on any atom is 0.227 e. The molecule has 0 N–H and O–H groups in total. The Balaban J connectivity index is 1.59. The Labute approximate surface area is 139 Å². The van der Waals surface area contributed by atoms with Crippen LogP contribution in [0.25, 0.3) is 0 Å². The van der Waals surface area contributed by atoms with E-state index in [-0.39, 0.29) is 11.0 Å². The van der Waals surface area contributed by atoms with Crippen LogP contribution in [-0.2, 0) is 16.3 Å². The molecule has 0 amide bonds. The van der Waals surface area contributed by atoms with Crippen molar-refractivity contribution in [2.45, 2.75) is 76.4 Å². The minimum atomic E-state index is -3.02. The first kappa shape index (κ1) is 16.9. The van der Waals surface area contributed by atoms with Gasteiger partial charge in [-0.1, -0.05) is 31.8 Å². The maximum atomic E-state index is 12.3. The number of aryl methyl sites for hydroxylation is 1. The average molecular weight is 340 g/mol. The number of aromatic nitrogens is 2. The summed E-state index contributed by atoms with van der Waals surface area (Å²) in [4.78, 5) is 4.49. The second-order valence-electron chi connectivity index (χ2n) is 7.68. The molecule has 0 saturated heterocycles. The first-order valence-electron chi connectivity index (χ1n) is 8.98. The molecule has 0 aliphatic heterocycles. The summed E-state index contributed by atoms with van der Waals surface area (Å²) in [5.74, 6) is 3.13. The zero-order valence-corrected chi connectivity index (χ0v) is 15.0. The van der Waals surface area contributed by atoms with E-state index in [4.69, 9.17) is 4.52 Å². The summed E-state index contributed by atoms with van der Waals surface area (Å²) in [7, 11) is -3.02. The summed E-state index contributed by atoms with van der Waals surface area (Å²) in [6, 6.07) is 0. The fraction of sp³-hybridized carbons (Fsp3) is 0.882. The average Bonchev–Trinajstić information content (AvgIpc) is 3.16. The second kappa shape index (κ2) is 6.91. The van der Waals surface area contributed by atoms with E-state index in [0.717, 1.165) is 44.3 Å². The number of hydrogen-bond donors (Lipinski definition) is 0. The van der Waals surface area contributed by atoms with Gasteiger partial charge >= 0.3 is 0 Å². The summed E-state index contributed by atoms with van der Waals surface area (Å²) < 4.78 is 29.9. The zero-order chi connectivity index (χ0) is 16.4. The number of hydrogen-bond acceptors (Lipinski definition) is 5. The zero-order valence-electron chi connectivity index (χ0n) is 14.2. The third kappa shape index (κ3) is 4.14. The Hall–Kier alpha value is -0.910. The van der Waals surface area contributed by atoms with Crippen molar-refractivity contribution in [2.24, 2.45) is 11.8 Å². The first-order valence-corrected chi connectivity index (χ1v) is 10.7. The number of sulfone groups is 1. The van der Waals surface area contributed by atoms with Crippen molar-refractivity contribution in [1.82, 2.24) is 10.1 Å². The normalized spacial score (nSPS) is 29.9. The number of nitrogens with zero attached hydrogens (tertiary/aromatic N) is 2. The molecule has 0 unspecified atom stereocenters. The van der Waals surface area contributed by atoms with Crippen molar-refractivity contribution in [3.8, 4) is 0 Å². The van der Waals surface area contributed by atoms with Gasteiger partial charge in [-0.15, -0.1) is 0 Å². The quantitative estimate of drug-likeness (QED) is 0.820. The van der Waals surface area contributed by atoms with Crippen LogP contribution in [0.1, 0.15) is 76.4 Å². The summed E-state index contributed by atoms with van der Waals surface area (Å²) in [6.45, 7) is 4.55. The van der Waals surface area contributed by atoms with Crippen molar-refractivity contribution in [3.63, 3.8) is 0 Å². The molecule has 0 bridgehead atoms. The Morgan fingerprint density at radius 1 is 1.09 bits per heavy atom. The van der Waals surface area contributed by atoms with Gasteiger partial charge in [-0.2, -0.15) is 4.98 Å². The highest BCUT2D eigenvalue weighted by Crippen LogP contribution is 2.37. The van der Waals surface area contributed by atoms with Crippen molar-refractivity contribution in [3.05, 3.63) is 11.7 Å². The van der Waals surface area contributed by atoms with Gasteiger partial charge in [0.05, 0.1) is 11.0 Å². The molecule has 2 aliphatic rings. The molecule has 6 heteroatoms. The smallest absolute Gasteiger partial charge is 0.227 e. The number of rotatable bonds is 5. The lowest BCUT2D eigenvalue weighted by Crippen LogP contribution is -2.22. The standard InChI is InChI=1S/C17H28N2O3S/c1-12-9-13(2)11-14(10-12)17-18-16(22-19-17)7-8-23(20,21)15-5-3-4-6-15/h12-15H,3-11H2,1-2H3/t12-,13-/m1/s1. The highest BCUT2D eigenvalue weighted by atomic mass is 32.2. The van der Waals surface area contributed by atoms with Crippen LogP contribution in [0.15, 0.2) is 4.52 Å². The van der Waals surface area contributed by atoms with E-state index in [1.807, 2.05) is 0 Å². The Kier molecular flexibility index (Phi) is 5.09. The Morgan fingerprint density at radius 2 is 1.74 bits per heavy atom. The Bertz CT molecular complexity index is 610. The van der Waals surface area contributed by atoms with E-state index in [1.165, 1.54) is 6.42 Å². The molecule has 2 saturated carbocycles. The molecule has 23 heavy (non-hydrogen) atoms. The van der Waals surface area contributed by atoms with E-state index < -0.39 is 9.84 Å². The molecule has 2 fully saturated rings. The topological polar surface area (TPSA) is 73.1 Å². The van der Waals surface area contributed by atoms with E-state index in [1.54, 1.807) is 0 Å². The van der Waals surface area contributed by atoms with Crippen molar-refractivity contribution >= 4 is 9.84 Å². The molecular formula is C17H28N2O3S. The minimum absolute atomic E-state index is 0.136. The molecule has 2 atom stereocenters. The fourth-order valence-corrected chi connectivity index (χ4v) is 6.18. The van der Waals surface area contributed by atoms with E-state index in [0.29, 0.717) is 30.1 Å². The second-order valence-corrected chi connectivity index (χ2v) is 10.1. The largest absolute Gasteiger partial charge is 0.339 e. The van der Waals surface area contributed by atoms with E-state index in [9.17, 15) is 8.42 Å². The Morgan fingerprint density at radius 3 is 2.39 bits per heavy atom. The van der Waals surface area contributed by atoms with Gasteiger partial charge in [0, 0.05) is 12.3 Å². The SMILES string of the molecule is C[C@H]1CC(c2noc(CCS(=O)(=O)C3CCCC3)n2)C[C@H](C)C1. The van der Waals surface area contributed by atoms with Gasteiger partial charge in [-0.05, 0) is 43.9 Å². The molecule has 5 nitrogen and oxygen atoms in total. The lowest BCUT2D eigenvalue weighted by molar-refractivity contribution is 0.257. The first-order chi connectivity index (χ1) is 10.9. The monoisotopic (exact) mass is 340 g/mol. The summed E-state index contributed by atoms with van der Waals surface area (Å²) >= 11 is 0. The van der Waals surface area contributed by atoms with Crippen LogP contribution in [0.4, 0.5) is 0 Å². The van der Waals surface area contributed by atoms with Gasteiger partial charge in [-0.3, -0.25) is 0 Å². The highest BCUT2D eigenvalue weighted by molar-refractivity contribution is 7.92. The van der Waals surface area contributed by atoms with Crippen LogP contribution < -0.4 is 0 Å². The van der Waals surface area contributed by atoms with Crippen LogP contribution >= 0.6 is 0 Å². The van der Waals surface area contributed by atoms with E-state index in [2.05, 4.69) is 24.0 Å². The lowest BCUT2D eigenvalue weighted by Gasteiger charge is -2.29. The summed E-state index contributed by atoms with van der Waals surface area (Å²) in [6.07, 6.45) is 7.52. The third-order valence-electron chi connectivity index (χ3n) is 5.44. The van der Waals surface area contributed by atoms with Gasteiger partial charge < -0.3 is 4.52 Å². The lowest BCUT2D eigenvalue weighted by atomic mass is 9.76. The summed E-state index contributed by atoms with van der Waals surface area (Å²) in [5, 5.41) is 3.98. The van der Waals surface area contributed by atoms with Gasteiger partial charge in [0.2, 0.25) is 5.89 Å². The van der Waals surface area contributed by atoms with E-state index >= 15 is 0 Å². The minimum Gasteiger partial charge on any atom is -0.339 e. The molecule has 2 aliphatic carbocycles. The predicted octanol–water partition coefficient (Wildman–Crippen LogP) is 3.51. The summed E-state index contributed by atoms with van der Waals surface area (Å²) in [5.41, 5.74) is 0. The van der Waals surface area contributed by atoms with Crippen molar-refractivity contribution in [1.29, 1.82) is 0 Å². The molecule has 0 aromatic carbocycles. The fourth-order valence-electron chi connectivity index (χ4n) is 4.34. The molecule has 130 valence electrons. The molecule has 1 aromatic heterocycles. The van der Waals surface area contributed by atoms with Crippen LogP contribution in [-0.4, -0.2) is 29.6 Å². The third-order valence-corrected chi connectivity index (χ3v) is 7.70. The molecule has 1 aromatic rings. The van der Waals surface area contributed by atoms with Gasteiger partial charge in [-0.25, -0.2) is 8.42 Å². The van der Waals surface area contributed by atoms with Gasteiger partial charge in [0.1, 0.15) is 0 Å². The van der Waals surface area contributed by atoms with Crippen LogP contribution in [0.5, 0.6) is 0 Å². The van der Waals surface area contributed by atoms with Gasteiger partial charge in [0.25, 0.3) is 0 Å².